The average Bonchev–Trinajstić information content (AvgIpc) is 3.09. The van der Waals surface area contributed by atoms with Crippen LogP contribution in [-0.2, 0) is 11.2 Å². The van der Waals surface area contributed by atoms with Crippen LogP contribution < -0.4 is 19.5 Å². The number of carbonyl (C=O) groups excluding carboxylic acids is 1. The molecule has 3 aromatic rings. The normalized spacial score (nSPS) is 10.7. The number of nitrogens with zero attached hydrogens (tertiary/aromatic N) is 1. The molecule has 0 spiro atoms. The molecular weight excluding hydrogens is 376 g/mol. The molecule has 2 aromatic carbocycles. The van der Waals surface area contributed by atoms with Gasteiger partial charge in [-0.1, -0.05) is 17.4 Å². The van der Waals surface area contributed by atoms with Crippen LogP contribution in [0.2, 0.25) is 0 Å². The second-order valence-electron chi connectivity index (χ2n) is 6.05. The highest BCUT2D eigenvalue weighted by Gasteiger charge is 2.11. The van der Waals surface area contributed by atoms with Crippen molar-refractivity contribution in [2.24, 2.45) is 0 Å². The van der Waals surface area contributed by atoms with Crippen molar-refractivity contribution in [3.8, 4) is 17.2 Å². The summed E-state index contributed by atoms with van der Waals surface area (Å²) in [5.41, 5.74) is 1.86. The maximum absolute atomic E-state index is 12.3. The van der Waals surface area contributed by atoms with Crippen molar-refractivity contribution in [3.05, 3.63) is 42.0 Å². The molecule has 1 heterocycles. The number of carbonyl (C=O) groups is 1. The Labute approximate surface area is 168 Å². The molecule has 0 radical (unpaired) electrons. The van der Waals surface area contributed by atoms with Crippen molar-refractivity contribution >= 4 is 32.6 Å². The predicted molar refractivity (Wildman–Crippen MR) is 112 cm³/mol. The summed E-state index contributed by atoms with van der Waals surface area (Å²) in [6, 6.07) is 11.5. The molecule has 0 fully saturated rings. The summed E-state index contributed by atoms with van der Waals surface area (Å²) in [6.07, 6.45) is 0.964. The molecule has 1 amide bonds. The van der Waals surface area contributed by atoms with Crippen LogP contribution in [0, 0.1) is 0 Å². The van der Waals surface area contributed by atoms with E-state index in [1.165, 1.54) is 11.3 Å². The predicted octanol–water partition coefficient (Wildman–Crippen LogP) is 4.67. The quantitative estimate of drug-likeness (QED) is 0.565. The zero-order valence-electron chi connectivity index (χ0n) is 16.3. The van der Waals surface area contributed by atoms with Crippen molar-refractivity contribution in [1.29, 1.82) is 0 Å². The number of methoxy groups -OCH3 is 1. The zero-order valence-corrected chi connectivity index (χ0v) is 17.1. The zero-order chi connectivity index (χ0) is 19.9. The molecule has 0 bridgehead atoms. The van der Waals surface area contributed by atoms with E-state index in [1.54, 1.807) is 7.11 Å². The van der Waals surface area contributed by atoms with Crippen LogP contribution in [0.25, 0.3) is 10.2 Å². The number of aromatic nitrogens is 1. The molecule has 0 atom stereocenters. The number of anilines is 1. The van der Waals surface area contributed by atoms with Crippen molar-refractivity contribution in [2.75, 3.05) is 25.6 Å². The number of thiazole rings is 1. The molecule has 7 heteroatoms. The molecule has 0 aliphatic carbocycles. The summed E-state index contributed by atoms with van der Waals surface area (Å²) in [4.78, 5) is 16.8. The smallest absolute Gasteiger partial charge is 0.226 e. The molecule has 148 valence electrons. The number of aryl methyl sites for hydroxylation is 1. The Morgan fingerprint density at radius 2 is 1.89 bits per heavy atom. The highest BCUT2D eigenvalue weighted by Crippen LogP contribution is 2.30. The molecule has 0 unspecified atom stereocenters. The van der Waals surface area contributed by atoms with Gasteiger partial charge in [-0.2, -0.15) is 0 Å². The summed E-state index contributed by atoms with van der Waals surface area (Å²) in [6.45, 7) is 5.07. The first-order valence-corrected chi connectivity index (χ1v) is 10.1. The molecule has 0 saturated carbocycles. The van der Waals surface area contributed by atoms with Gasteiger partial charge in [0.15, 0.2) is 16.6 Å². The van der Waals surface area contributed by atoms with E-state index in [9.17, 15) is 4.79 Å². The third-order valence-electron chi connectivity index (χ3n) is 4.09. The van der Waals surface area contributed by atoms with E-state index in [4.69, 9.17) is 14.2 Å². The molecule has 0 aliphatic rings. The molecule has 3 rings (SSSR count). The van der Waals surface area contributed by atoms with Gasteiger partial charge in [0.25, 0.3) is 0 Å². The van der Waals surface area contributed by atoms with Crippen molar-refractivity contribution in [1.82, 2.24) is 4.98 Å². The highest BCUT2D eigenvalue weighted by atomic mass is 32.1. The summed E-state index contributed by atoms with van der Waals surface area (Å²) in [7, 11) is 1.61. The lowest BCUT2D eigenvalue weighted by Crippen LogP contribution is -2.12. The van der Waals surface area contributed by atoms with Gasteiger partial charge in [-0.3, -0.25) is 4.79 Å². The van der Waals surface area contributed by atoms with Gasteiger partial charge in [-0.25, -0.2) is 4.98 Å². The number of amides is 1. The van der Waals surface area contributed by atoms with E-state index in [-0.39, 0.29) is 5.91 Å². The third-order valence-corrected chi connectivity index (χ3v) is 5.02. The Balaban J connectivity index is 1.60. The van der Waals surface area contributed by atoms with E-state index < -0.39 is 0 Å². The number of nitrogens with one attached hydrogen (secondary N) is 1. The maximum atomic E-state index is 12.3. The maximum Gasteiger partial charge on any atom is 0.226 e. The molecule has 1 aromatic heterocycles. The van der Waals surface area contributed by atoms with Crippen LogP contribution in [0.3, 0.4) is 0 Å². The fourth-order valence-corrected chi connectivity index (χ4v) is 3.71. The fraction of sp³-hybridized carbons (Fsp3) is 0.333. The number of hydrogen-bond acceptors (Lipinski definition) is 6. The van der Waals surface area contributed by atoms with Gasteiger partial charge in [-0.15, -0.1) is 0 Å². The van der Waals surface area contributed by atoms with Gasteiger partial charge in [-0.05, 0) is 56.2 Å². The van der Waals surface area contributed by atoms with Gasteiger partial charge < -0.3 is 19.5 Å². The lowest BCUT2D eigenvalue weighted by molar-refractivity contribution is -0.116. The van der Waals surface area contributed by atoms with Gasteiger partial charge in [0.2, 0.25) is 5.91 Å². The van der Waals surface area contributed by atoms with Crippen LogP contribution in [0.5, 0.6) is 17.2 Å². The topological polar surface area (TPSA) is 69.7 Å². The van der Waals surface area contributed by atoms with Gasteiger partial charge in [0.1, 0.15) is 5.75 Å². The summed E-state index contributed by atoms with van der Waals surface area (Å²) in [5, 5.41) is 3.48. The highest BCUT2D eigenvalue weighted by molar-refractivity contribution is 7.22. The Bertz CT molecular complexity index is 955. The number of benzene rings is 2. The summed E-state index contributed by atoms with van der Waals surface area (Å²) in [5.74, 6) is 2.12. The number of ether oxygens (including phenoxy) is 3. The van der Waals surface area contributed by atoms with E-state index in [0.29, 0.717) is 42.7 Å². The van der Waals surface area contributed by atoms with E-state index in [0.717, 1.165) is 21.5 Å². The average molecular weight is 401 g/mol. The lowest BCUT2D eigenvalue weighted by atomic mass is 10.1. The fourth-order valence-electron chi connectivity index (χ4n) is 2.80. The van der Waals surface area contributed by atoms with Crippen LogP contribution >= 0.6 is 11.3 Å². The lowest BCUT2D eigenvalue weighted by Gasteiger charge is -2.10. The molecule has 1 N–H and O–H groups in total. The Hall–Kier alpha value is -2.80. The van der Waals surface area contributed by atoms with Crippen LogP contribution in [0.15, 0.2) is 36.4 Å². The van der Waals surface area contributed by atoms with Gasteiger partial charge >= 0.3 is 0 Å². The Kier molecular flexibility index (Phi) is 6.71. The number of rotatable bonds is 9. The second kappa shape index (κ2) is 9.41. The van der Waals surface area contributed by atoms with E-state index in [1.807, 2.05) is 50.2 Å². The number of fused-ring (bicyclic) bond motifs is 1. The molecular formula is C21H24N2O4S. The first-order valence-electron chi connectivity index (χ1n) is 9.25. The van der Waals surface area contributed by atoms with E-state index in [2.05, 4.69) is 10.3 Å². The third kappa shape index (κ3) is 4.92. The monoisotopic (exact) mass is 400 g/mol. The molecule has 28 heavy (non-hydrogen) atoms. The largest absolute Gasteiger partial charge is 0.494 e. The number of hydrogen-bond donors (Lipinski definition) is 1. The van der Waals surface area contributed by atoms with Crippen molar-refractivity contribution in [2.45, 2.75) is 26.7 Å². The van der Waals surface area contributed by atoms with Crippen LogP contribution in [0.4, 0.5) is 5.13 Å². The Morgan fingerprint density at radius 3 is 2.64 bits per heavy atom. The molecule has 0 aliphatic heterocycles. The van der Waals surface area contributed by atoms with E-state index >= 15 is 0 Å². The summed E-state index contributed by atoms with van der Waals surface area (Å²) < 4.78 is 17.4. The van der Waals surface area contributed by atoms with Crippen molar-refractivity contribution in [3.63, 3.8) is 0 Å². The summed E-state index contributed by atoms with van der Waals surface area (Å²) >= 11 is 1.44. The van der Waals surface area contributed by atoms with Crippen molar-refractivity contribution < 1.29 is 19.0 Å². The Morgan fingerprint density at radius 1 is 1.07 bits per heavy atom. The molecule has 0 saturated heterocycles. The second-order valence-corrected chi connectivity index (χ2v) is 7.08. The minimum atomic E-state index is -0.0723. The SMILES string of the molecule is CCOc1ccc2nc(NC(=O)CCc3ccc(OCC)c(OC)c3)sc2c1. The van der Waals surface area contributed by atoms with Crippen LogP contribution in [0.1, 0.15) is 25.8 Å². The first kappa shape index (κ1) is 19.9. The van der Waals surface area contributed by atoms with Gasteiger partial charge in [0.05, 0.1) is 30.5 Å². The van der Waals surface area contributed by atoms with Gasteiger partial charge in [0, 0.05) is 6.42 Å². The minimum absolute atomic E-state index is 0.0723. The minimum Gasteiger partial charge on any atom is -0.494 e. The first-order chi connectivity index (χ1) is 13.6. The van der Waals surface area contributed by atoms with Crippen LogP contribution in [-0.4, -0.2) is 31.2 Å². The molecule has 6 nitrogen and oxygen atoms in total. The standard InChI is InChI=1S/C21H24N2O4S/c1-4-26-15-8-9-16-19(13-15)28-21(22-16)23-20(24)11-7-14-6-10-17(27-5-2)18(12-14)25-3/h6,8-10,12-13H,4-5,7,11H2,1-3H3,(H,22,23,24).